The lowest BCUT2D eigenvalue weighted by molar-refractivity contribution is 0.438. The number of rotatable bonds is 4. The molecule has 0 aliphatic heterocycles. The highest BCUT2D eigenvalue weighted by Gasteiger charge is 2.15. The molecule has 0 atom stereocenters. The summed E-state index contributed by atoms with van der Waals surface area (Å²) in [6, 6.07) is 8.90. The van der Waals surface area contributed by atoms with Gasteiger partial charge in [-0.2, -0.15) is 0 Å². The van der Waals surface area contributed by atoms with Crippen molar-refractivity contribution < 1.29 is 9.50 Å². The number of hydrogen-bond acceptors (Lipinski definition) is 3. The van der Waals surface area contributed by atoms with Crippen molar-refractivity contribution in [3.05, 3.63) is 53.6 Å². The van der Waals surface area contributed by atoms with E-state index in [-0.39, 0.29) is 5.75 Å². The topological polar surface area (TPSA) is 41.3 Å². The number of likely N-dealkylation sites (N-methyl/N-ethyl adjacent to an activating group) is 1. The molecule has 0 saturated carbocycles. The molecule has 120 valence electrons. The Morgan fingerprint density at radius 3 is 2.78 bits per heavy atom. The van der Waals surface area contributed by atoms with Crippen LogP contribution in [0.5, 0.6) is 5.75 Å². The monoisotopic (exact) mass is 313 g/mol. The van der Waals surface area contributed by atoms with Crippen molar-refractivity contribution in [1.82, 2.24) is 9.55 Å². The van der Waals surface area contributed by atoms with E-state index in [9.17, 15) is 9.50 Å². The lowest BCUT2D eigenvalue weighted by atomic mass is 10.1. The molecule has 0 bridgehead atoms. The normalized spacial score (nSPS) is 11.1. The minimum atomic E-state index is -0.585. The van der Waals surface area contributed by atoms with Gasteiger partial charge in [-0.25, -0.2) is 9.37 Å². The number of phenols is 1. The fourth-order valence-electron chi connectivity index (χ4n) is 2.87. The molecule has 3 rings (SSSR count). The van der Waals surface area contributed by atoms with Crippen molar-refractivity contribution >= 4 is 16.7 Å². The number of anilines is 1. The van der Waals surface area contributed by atoms with Gasteiger partial charge in [0.25, 0.3) is 0 Å². The van der Waals surface area contributed by atoms with Gasteiger partial charge in [0, 0.05) is 37.9 Å². The summed E-state index contributed by atoms with van der Waals surface area (Å²) in [5.74, 6) is 0.0497. The van der Waals surface area contributed by atoms with Crippen LogP contribution < -0.4 is 4.90 Å². The van der Waals surface area contributed by atoms with Crippen molar-refractivity contribution in [3.8, 4) is 5.75 Å². The Balaban J connectivity index is 1.86. The van der Waals surface area contributed by atoms with Crippen LogP contribution in [0.25, 0.3) is 10.9 Å². The van der Waals surface area contributed by atoms with E-state index >= 15 is 0 Å². The van der Waals surface area contributed by atoms with E-state index in [4.69, 9.17) is 0 Å². The average molecular weight is 313 g/mol. The lowest BCUT2D eigenvalue weighted by Gasteiger charge is -2.18. The molecule has 1 N–H and O–H groups in total. The van der Waals surface area contributed by atoms with E-state index in [0.717, 1.165) is 29.1 Å². The van der Waals surface area contributed by atoms with Crippen LogP contribution in [-0.2, 0) is 13.5 Å². The van der Waals surface area contributed by atoms with E-state index in [1.807, 2.05) is 50.0 Å². The minimum absolute atomic E-state index is 0.269. The SMILES string of the molecule is Cc1cccc(N(C)CCc2cn(C)c3ccc(F)c(O)c23)n1. The smallest absolute Gasteiger partial charge is 0.165 e. The number of fused-ring (bicyclic) bond motifs is 1. The molecule has 0 aliphatic rings. The fraction of sp³-hybridized carbons (Fsp3) is 0.278. The van der Waals surface area contributed by atoms with Crippen LogP contribution in [-0.4, -0.2) is 28.3 Å². The maximum absolute atomic E-state index is 13.7. The molecule has 4 nitrogen and oxygen atoms in total. The molecular formula is C18H20FN3O. The van der Waals surface area contributed by atoms with Crippen LogP contribution >= 0.6 is 0 Å². The molecule has 2 aromatic heterocycles. The van der Waals surface area contributed by atoms with Crippen molar-refractivity contribution in [1.29, 1.82) is 0 Å². The predicted molar refractivity (Wildman–Crippen MR) is 90.5 cm³/mol. The van der Waals surface area contributed by atoms with Gasteiger partial charge >= 0.3 is 0 Å². The molecule has 0 spiro atoms. The van der Waals surface area contributed by atoms with Crippen molar-refractivity contribution in [2.24, 2.45) is 7.05 Å². The molecular weight excluding hydrogens is 293 g/mol. The summed E-state index contributed by atoms with van der Waals surface area (Å²) >= 11 is 0. The number of benzene rings is 1. The molecule has 0 saturated heterocycles. The van der Waals surface area contributed by atoms with Crippen molar-refractivity contribution in [2.75, 3.05) is 18.5 Å². The highest BCUT2D eigenvalue weighted by atomic mass is 19.1. The van der Waals surface area contributed by atoms with Gasteiger partial charge in [-0.1, -0.05) is 6.07 Å². The van der Waals surface area contributed by atoms with Crippen LogP contribution in [0.4, 0.5) is 10.2 Å². The number of aromatic hydroxyl groups is 1. The summed E-state index contributed by atoms with van der Waals surface area (Å²) < 4.78 is 15.6. The number of nitrogens with zero attached hydrogens (tertiary/aromatic N) is 3. The summed E-state index contributed by atoms with van der Waals surface area (Å²) in [6.45, 7) is 2.69. The van der Waals surface area contributed by atoms with Gasteiger partial charge in [0.15, 0.2) is 11.6 Å². The fourth-order valence-corrected chi connectivity index (χ4v) is 2.87. The number of halogens is 1. The molecule has 0 radical (unpaired) electrons. The molecule has 5 heteroatoms. The number of pyridine rings is 1. The van der Waals surface area contributed by atoms with Gasteiger partial charge in [-0.3, -0.25) is 0 Å². The minimum Gasteiger partial charge on any atom is -0.504 e. The summed E-state index contributed by atoms with van der Waals surface area (Å²) in [5, 5.41) is 10.7. The molecule has 0 aliphatic carbocycles. The zero-order valence-electron chi connectivity index (χ0n) is 13.5. The molecule has 1 aromatic carbocycles. The summed E-state index contributed by atoms with van der Waals surface area (Å²) in [6.07, 6.45) is 2.64. The highest BCUT2D eigenvalue weighted by Crippen LogP contribution is 2.32. The van der Waals surface area contributed by atoms with Gasteiger partial charge in [-0.05, 0) is 43.2 Å². The van der Waals surface area contributed by atoms with E-state index in [0.29, 0.717) is 11.8 Å². The standard InChI is InChI=1S/C18H20FN3O/c1-12-5-4-6-16(20-12)21(2)10-9-13-11-22(3)15-8-7-14(19)18(23)17(13)15/h4-8,11,23H,9-10H2,1-3H3. The van der Waals surface area contributed by atoms with Crippen molar-refractivity contribution in [3.63, 3.8) is 0 Å². The second kappa shape index (κ2) is 5.91. The van der Waals surface area contributed by atoms with Gasteiger partial charge in [0.1, 0.15) is 5.82 Å². The molecule has 0 fully saturated rings. The molecule has 2 heterocycles. The first-order valence-corrected chi connectivity index (χ1v) is 7.57. The van der Waals surface area contributed by atoms with Crippen LogP contribution in [0.2, 0.25) is 0 Å². The highest BCUT2D eigenvalue weighted by molar-refractivity contribution is 5.90. The Hall–Kier alpha value is -2.56. The Labute approximate surface area is 134 Å². The van der Waals surface area contributed by atoms with Crippen LogP contribution in [0.3, 0.4) is 0 Å². The number of aryl methyl sites for hydroxylation is 2. The van der Waals surface area contributed by atoms with E-state index in [2.05, 4.69) is 9.88 Å². The average Bonchev–Trinajstić information content (AvgIpc) is 2.85. The van der Waals surface area contributed by atoms with Gasteiger partial charge < -0.3 is 14.6 Å². The quantitative estimate of drug-likeness (QED) is 0.802. The Kier molecular flexibility index (Phi) is 3.94. The Morgan fingerprint density at radius 1 is 1.26 bits per heavy atom. The maximum Gasteiger partial charge on any atom is 0.165 e. The summed E-state index contributed by atoms with van der Waals surface area (Å²) in [7, 11) is 3.88. The number of phenolic OH excluding ortho intramolecular Hbond substituents is 1. The molecule has 23 heavy (non-hydrogen) atoms. The van der Waals surface area contributed by atoms with Crippen molar-refractivity contribution in [2.45, 2.75) is 13.3 Å². The number of aromatic nitrogens is 2. The second-order valence-electron chi connectivity index (χ2n) is 5.86. The lowest BCUT2D eigenvalue weighted by Crippen LogP contribution is -2.21. The first-order chi connectivity index (χ1) is 11.0. The van der Waals surface area contributed by atoms with Gasteiger partial charge in [-0.15, -0.1) is 0 Å². The second-order valence-corrected chi connectivity index (χ2v) is 5.86. The summed E-state index contributed by atoms with van der Waals surface area (Å²) in [4.78, 5) is 6.55. The largest absolute Gasteiger partial charge is 0.504 e. The van der Waals surface area contributed by atoms with E-state index < -0.39 is 5.82 Å². The third-order valence-corrected chi connectivity index (χ3v) is 4.14. The Bertz CT molecular complexity index is 857. The van der Waals surface area contributed by atoms with E-state index in [1.54, 1.807) is 6.07 Å². The third kappa shape index (κ3) is 2.86. The molecule has 0 unspecified atom stereocenters. The first-order valence-electron chi connectivity index (χ1n) is 7.57. The van der Waals surface area contributed by atoms with E-state index in [1.165, 1.54) is 6.07 Å². The van der Waals surface area contributed by atoms with Crippen LogP contribution in [0.1, 0.15) is 11.3 Å². The first kappa shape index (κ1) is 15.3. The van der Waals surface area contributed by atoms with Gasteiger partial charge in [0.2, 0.25) is 0 Å². The summed E-state index contributed by atoms with van der Waals surface area (Å²) in [5.41, 5.74) is 2.73. The molecule has 3 aromatic rings. The molecule has 0 amide bonds. The number of hydrogen-bond donors (Lipinski definition) is 1. The zero-order chi connectivity index (χ0) is 16.6. The maximum atomic E-state index is 13.7. The van der Waals surface area contributed by atoms with Crippen LogP contribution in [0, 0.1) is 12.7 Å². The third-order valence-electron chi connectivity index (χ3n) is 4.14. The van der Waals surface area contributed by atoms with Gasteiger partial charge in [0.05, 0.1) is 5.52 Å². The zero-order valence-corrected chi connectivity index (χ0v) is 13.5. The van der Waals surface area contributed by atoms with Crippen LogP contribution in [0.15, 0.2) is 36.5 Å². The predicted octanol–water partition coefficient (Wildman–Crippen LogP) is 3.41. The Morgan fingerprint density at radius 2 is 2.04 bits per heavy atom.